The molecule has 0 radical (unpaired) electrons. The van der Waals surface area contributed by atoms with E-state index in [0.717, 1.165) is 16.6 Å². The van der Waals surface area contributed by atoms with Gasteiger partial charge in [-0.3, -0.25) is 4.98 Å². The largest absolute Gasteiger partial charge is 0.396 e. The van der Waals surface area contributed by atoms with Crippen LogP contribution in [0.1, 0.15) is 18.4 Å². The van der Waals surface area contributed by atoms with Gasteiger partial charge in [0, 0.05) is 35.0 Å². The van der Waals surface area contributed by atoms with E-state index in [-0.39, 0.29) is 12.5 Å². The van der Waals surface area contributed by atoms with E-state index in [9.17, 15) is 5.11 Å². The summed E-state index contributed by atoms with van der Waals surface area (Å²) in [5, 5.41) is 11.6. The number of aromatic amines is 1. The lowest BCUT2D eigenvalue weighted by atomic mass is 10.00. The molecular weight excluding hydrogens is 212 g/mol. The molecule has 17 heavy (non-hydrogen) atoms. The number of pyridine rings is 1. The first-order valence-corrected chi connectivity index (χ1v) is 5.76. The maximum Gasteiger partial charge on any atom is 0.0651 e. The predicted octanol–water partition coefficient (Wildman–Crippen LogP) is 2.81. The smallest absolute Gasteiger partial charge is 0.0651 e. The minimum atomic E-state index is 0.172. The summed E-state index contributed by atoms with van der Waals surface area (Å²) in [6.07, 6.45) is 3.64. The zero-order chi connectivity index (χ0) is 11.8. The lowest BCUT2D eigenvalue weighted by Crippen LogP contribution is -1.97. The van der Waals surface area contributed by atoms with Crippen LogP contribution in [0.4, 0.5) is 0 Å². The number of nitrogens with zero attached hydrogens (tertiary/aromatic N) is 1. The summed E-state index contributed by atoms with van der Waals surface area (Å²) in [4.78, 5) is 7.45. The zero-order valence-electron chi connectivity index (χ0n) is 9.64. The fraction of sp³-hybridized carbons (Fsp3) is 0.214. The van der Waals surface area contributed by atoms with Crippen molar-refractivity contribution in [2.24, 2.45) is 0 Å². The van der Waals surface area contributed by atoms with Gasteiger partial charge in [0.1, 0.15) is 0 Å². The van der Waals surface area contributed by atoms with Gasteiger partial charge in [-0.2, -0.15) is 0 Å². The molecule has 0 amide bonds. The quantitative estimate of drug-likeness (QED) is 0.706. The van der Waals surface area contributed by atoms with E-state index in [1.807, 2.05) is 19.2 Å². The van der Waals surface area contributed by atoms with E-state index >= 15 is 0 Å². The lowest BCUT2D eigenvalue weighted by molar-refractivity contribution is 0.273. The van der Waals surface area contributed by atoms with Crippen LogP contribution in [0, 0.1) is 0 Å². The molecule has 0 aliphatic carbocycles. The van der Waals surface area contributed by atoms with Crippen LogP contribution in [0.15, 0.2) is 36.7 Å². The molecule has 0 saturated heterocycles. The molecule has 2 aromatic heterocycles. The van der Waals surface area contributed by atoms with Crippen molar-refractivity contribution < 1.29 is 5.11 Å². The van der Waals surface area contributed by atoms with Crippen LogP contribution >= 0.6 is 0 Å². The number of fused-ring (bicyclic) bond motifs is 3. The third kappa shape index (κ3) is 1.59. The number of hydrogen-bond donors (Lipinski definition) is 2. The first kappa shape index (κ1) is 10.3. The van der Waals surface area contributed by atoms with Gasteiger partial charge in [0.15, 0.2) is 0 Å². The van der Waals surface area contributed by atoms with Gasteiger partial charge < -0.3 is 10.1 Å². The van der Waals surface area contributed by atoms with E-state index in [1.165, 1.54) is 10.8 Å². The van der Waals surface area contributed by atoms with Crippen molar-refractivity contribution in [1.82, 2.24) is 9.97 Å². The summed E-state index contributed by atoms with van der Waals surface area (Å²) in [7, 11) is 0. The van der Waals surface area contributed by atoms with Crippen molar-refractivity contribution in [3.63, 3.8) is 0 Å². The molecule has 2 N–H and O–H groups in total. The summed E-state index contributed by atoms with van der Waals surface area (Å²) >= 11 is 0. The summed E-state index contributed by atoms with van der Waals surface area (Å²) in [6, 6.07) is 8.29. The third-order valence-electron chi connectivity index (χ3n) is 3.27. The monoisotopic (exact) mass is 226 g/mol. The topological polar surface area (TPSA) is 48.9 Å². The van der Waals surface area contributed by atoms with E-state index in [2.05, 4.69) is 28.2 Å². The number of nitrogens with one attached hydrogen (secondary N) is 1. The van der Waals surface area contributed by atoms with Crippen molar-refractivity contribution in [2.45, 2.75) is 12.8 Å². The van der Waals surface area contributed by atoms with Crippen LogP contribution in [-0.4, -0.2) is 21.7 Å². The highest BCUT2D eigenvalue weighted by Crippen LogP contribution is 2.27. The minimum Gasteiger partial charge on any atom is -0.396 e. The second kappa shape index (κ2) is 3.86. The van der Waals surface area contributed by atoms with Gasteiger partial charge in [0.2, 0.25) is 0 Å². The van der Waals surface area contributed by atoms with Crippen molar-refractivity contribution in [2.75, 3.05) is 6.61 Å². The fourth-order valence-electron chi connectivity index (χ4n) is 2.18. The molecule has 3 aromatic rings. The van der Waals surface area contributed by atoms with E-state index in [1.54, 1.807) is 6.20 Å². The Kier molecular flexibility index (Phi) is 2.34. The van der Waals surface area contributed by atoms with Gasteiger partial charge in [-0.1, -0.05) is 13.0 Å². The average Bonchev–Trinajstić information content (AvgIpc) is 2.75. The molecule has 1 atom stereocenters. The first-order chi connectivity index (χ1) is 8.29. The van der Waals surface area contributed by atoms with Gasteiger partial charge >= 0.3 is 0 Å². The maximum absolute atomic E-state index is 9.21. The molecule has 0 saturated carbocycles. The van der Waals surface area contributed by atoms with E-state index < -0.39 is 0 Å². The maximum atomic E-state index is 9.21. The Balaban J connectivity index is 2.30. The van der Waals surface area contributed by atoms with Crippen molar-refractivity contribution >= 4 is 21.8 Å². The average molecular weight is 226 g/mol. The number of rotatable bonds is 2. The standard InChI is InChI=1S/C14H14N2O/c1-9(8-17)10-2-3-13-12(6-10)11-4-5-15-7-14(11)16-13/h2-7,9,16-17H,8H2,1H3. The third-order valence-corrected chi connectivity index (χ3v) is 3.27. The number of aromatic nitrogens is 2. The highest BCUT2D eigenvalue weighted by molar-refractivity contribution is 6.07. The van der Waals surface area contributed by atoms with Crippen LogP contribution in [0.5, 0.6) is 0 Å². The van der Waals surface area contributed by atoms with Gasteiger partial charge in [-0.15, -0.1) is 0 Å². The molecule has 0 aliphatic rings. The summed E-state index contributed by atoms with van der Waals surface area (Å²) in [5.74, 6) is 0.172. The van der Waals surface area contributed by atoms with Crippen molar-refractivity contribution in [3.05, 3.63) is 42.2 Å². The Labute approximate surface area is 99.1 Å². The predicted molar refractivity (Wildman–Crippen MR) is 69.1 cm³/mol. The highest BCUT2D eigenvalue weighted by atomic mass is 16.3. The molecule has 1 unspecified atom stereocenters. The molecule has 1 aromatic carbocycles. The van der Waals surface area contributed by atoms with Crippen LogP contribution < -0.4 is 0 Å². The van der Waals surface area contributed by atoms with Crippen LogP contribution in [-0.2, 0) is 0 Å². The van der Waals surface area contributed by atoms with Gasteiger partial charge in [0.25, 0.3) is 0 Å². The Bertz CT molecular complexity index is 672. The first-order valence-electron chi connectivity index (χ1n) is 5.76. The van der Waals surface area contributed by atoms with Crippen molar-refractivity contribution in [1.29, 1.82) is 0 Å². The SMILES string of the molecule is CC(CO)c1ccc2[nH]c3cnccc3c2c1. The normalized spacial score (nSPS) is 13.3. The van der Waals surface area contributed by atoms with Crippen LogP contribution in [0.2, 0.25) is 0 Å². The molecule has 0 aliphatic heterocycles. The molecule has 2 heterocycles. The number of H-pyrrole nitrogens is 1. The molecule has 0 bridgehead atoms. The lowest BCUT2D eigenvalue weighted by Gasteiger charge is -2.07. The number of hydrogen-bond acceptors (Lipinski definition) is 2. The molecule has 86 valence electrons. The summed E-state index contributed by atoms with van der Waals surface area (Å²) in [6.45, 7) is 2.20. The summed E-state index contributed by atoms with van der Waals surface area (Å²) < 4.78 is 0. The zero-order valence-corrected chi connectivity index (χ0v) is 9.64. The van der Waals surface area contributed by atoms with E-state index in [4.69, 9.17) is 0 Å². The number of aliphatic hydroxyl groups is 1. The Hall–Kier alpha value is -1.87. The molecule has 3 nitrogen and oxygen atoms in total. The molecule has 0 spiro atoms. The van der Waals surface area contributed by atoms with Gasteiger partial charge in [0.05, 0.1) is 11.7 Å². The highest BCUT2D eigenvalue weighted by Gasteiger charge is 2.08. The fourth-order valence-corrected chi connectivity index (χ4v) is 2.18. The summed E-state index contributed by atoms with van der Waals surface area (Å²) in [5.41, 5.74) is 3.33. The minimum absolute atomic E-state index is 0.172. The number of aliphatic hydroxyl groups excluding tert-OH is 1. The van der Waals surface area contributed by atoms with Crippen molar-refractivity contribution in [3.8, 4) is 0 Å². The van der Waals surface area contributed by atoms with Crippen LogP contribution in [0.25, 0.3) is 21.8 Å². The Morgan fingerprint density at radius 1 is 1.24 bits per heavy atom. The number of benzene rings is 1. The second-order valence-electron chi connectivity index (χ2n) is 4.43. The molecule has 3 heteroatoms. The molecule has 3 rings (SSSR count). The Morgan fingerprint density at radius 2 is 2.12 bits per heavy atom. The Morgan fingerprint density at radius 3 is 2.94 bits per heavy atom. The van der Waals surface area contributed by atoms with Gasteiger partial charge in [-0.05, 0) is 23.8 Å². The second-order valence-corrected chi connectivity index (χ2v) is 4.43. The van der Waals surface area contributed by atoms with E-state index in [0.29, 0.717) is 0 Å². The van der Waals surface area contributed by atoms with Crippen LogP contribution in [0.3, 0.4) is 0 Å². The molecule has 0 fully saturated rings. The molecular formula is C14H14N2O. The van der Waals surface area contributed by atoms with Gasteiger partial charge in [-0.25, -0.2) is 0 Å².